The molecule has 29 heavy (non-hydrogen) atoms. The lowest BCUT2D eigenvalue weighted by Crippen LogP contribution is -2.15. The Bertz CT molecular complexity index is 1250. The summed E-state index contributed by atoms with van der Waals surface area (Å²) in [5, 5.41) is 2.94. The molecule has 0 atom stereocenters. The van der Waals surface area contributed by atoms with Crippen LogP contribution >= 0.6 is 0 Å². The van der Waals surface area contributed by atoms with Gasteiger partial charge in [0.1, 0.15) is 5.82 Å². The van der Waals surface area contributed by atoms with E-state index in [4.69, 9.17) is 0 Å². The lowest BCUT2D eigenvalue weighted by atomic mass is 10.1. The molecule has 6 nitrogen and oxygen atoms in total. The van der Waals surface area contributed by atoms with Gasteiger partial charge in [-0.2, -0.15) is 0 Å². The molecular weight excluding hydrogens is 415 g/mol. The van der Waals surface area contributed by atoms with Crippen molar-refractivity contribution in [1.82, 2.24) is 9.29 Å². The van der Waals surface area contributed by atoms with Crippen molar-refractivity contribution in [2.24, 2.45) is 0 Å². The molecule has 9 heteroatoms. The quantitative estimate of drug-likeness (QED) is 0.615. The van der Waals surface area contributed by atoms with Gasteiger partial charge in [0.15, 0.2) is 9.84 Å². The predicted molar refractivity (Wildman–Crippen MR) is 109 cm³/mol. The van der Waals surface area contributed by atoms with Gasteiger partial charge in [-0.05, 0) is 49.0 Å². The lowest BCUT2D eigenvalue weighted by Gasteiger charge is -2.12. The van der Waals surface area contributed by atoms with Crippen LogP contribution in [0.4, 0.5) is 4.39 Å². The average molecular weight is 437 g/mol. The number of aromatic nitrogens is 1. The summed E-state index contributed by atoms with van der Waals surface area (Å²) in [7, 11) is -6.03. The minimum Gasteiger partial charge on any atom is -0.316 e. The summed E-state index contributed by atoms with van der Waals surface area (Å²) in [5.41, 5.74) is 0.944. The molecule has 0 fully saturated rings. The van der Waals surface area contributed by atoms with Crippen molar-refractivity contribution < 1.29 is 21.2 Å². The van der Waals surface area contributed by atoms with Crippen molar-refractivity contribution in [3.63, 3.8) is 0 Å². The minimum atomic E-state index is -4.17. The number of nitrogens with zero attached hydrogens (tertiary/aromatic N) is 1. The zero-order chi connectivity index (χ0) is 21.2. The Kier molecular flexibility index (Phi) is 5.92. The van der Waals surface area contributed by atoms with Crippen LogP contribution in [0.5, 0.6) is 0 Å². The maximum atomic E-state index is 14.4. The zero-order valence-corrected chi connectivity index (χ0v) is 17.6. The molecule has 0 aliphatic carbocycles. The van der Waals surface area contributed by atoms with Crippen LogP contribution in [-0.4, -0.2) is 33.6 Å². The molecular formula is C20H21FN2O4S2. The van der Waals surface area contributed by atoms with E-state index in [1.807, 2.05) is 0 Å². The highest BCUT2D eigenvalue weighted by Crippen LogP contribution is 2.29. The third-order valence-corrected chi connectivity index (χ3v) is 7.88. The first kappa shape index (κ1) is 21.2. The number of halogens is 1. The van der Waals surface area contributed by atoms with Gasteiger partial charge in [-0.1, -0.05) is 25.1 Å². The van der Waals surface area contributed by atoms with Crippen molar-refractivity contribution in [1.29, 1.82) is 0 Å². The number of hydrogen-bond acceptors (Lipinski definition) is 5. The number of rotatable bonds is 7. The second-order valence-corrected chi connectivity index (χ2v) is 10.5. The molecule has 3 rings (SSSR count). The highest BCUT2D eigenvalue weighted by atomic mass is 32.2. The Morgan fingerprint density at radius 3 is 2.31 bits per heavy atom. The number of benzene rings is 2. The fourth-order valence-corrected chi connectivity index (χ4v) is 5.41. The number of nitrogens with one attached hydrogen (secondary N) is 1. The summed E-state index contributed by atoms with van der Waals surface area (Å²) < 4.78 is 66.5. The first-order valence-corrected chi connectivity index (χ1v) is 12.0. The first-order chi connectivity index (χ1) is 13.7. The number of sulfone groups is 1. The molecule has 154 valence electrons. The van der Waals surface area contributed by atoms with E-state index in [2.05, 4.69) is 5.32 Å². The van der Waals surface area contributed by atoms with Gasteiger partial charge in [-0.25, -0.2) is 25.2 Å². The van der Waals surface area contributed by atoms with E-state index in [1.54, 1.807) is 19.2 Å². The van der Waals surface area contributed by atoms with Crippen molar-refractivity contribution in [3.05, 3.63) is 72.2 Å². The number of hydrogen-bond donors (Lipinski definition) is 1. The normalized spacial score (nSPS) is 12.2. The third kappa shape index (κ3) is 4.12. The SMILES string of the molecule is CCS(=O)(=O)c1cccc(S(=O)(=O)n2cc(CNC)cc2-c2ccccc2F)c1. The van der Waals surface area contributed by atoms with Gasteiger partial charge in [-0.3, -0.25) is 0 Å². The molecule has 0 amide bonds. The van der Waals surface area contributed by atoms with Crippen molar-refractivity contribution in [2.75, 3.05) is 12.8 Å². The Labute approximate surface area is 170 Å². The summed E-state index contributed by atoms with van der Waals surface area (Å²) in [5.74, 6) is -0.701. The maximum Gasteiger partial charge on any atom is 0.268 e. The molecule has 0 bridgehead atoms. The van der Waals surface area contributed by atoms with Crippen LogP contribution in [0.25, 0.3) is 11.3 Å². The Balaban J connectivity index is 2.22. The molecule has 0 aliphatic rings. The van der Waals surface area contributed by atoms with Crippen LogP contribution in [0.15, 0.2) is 70.6 Å². The monoisotopic (exact) mass is 436 g/mol. The van der Waals surface area contributed by atoms with Gasteiger partial charge < -0.3 is 5.32 Å². The average Bonchev–Trinajstić information content (AvgIpc) is 3.13. The van der Waals surface area contributed by atoms with Crippen LogP contribution in [0.2, 0.25) is 0 Å². The van der Waals surface area contributed by atoms with Crippen LogP contribution in [0.3, 0.4) is 0 Å². The second-order valence-electron chi connectivity index (χ2n) is 6.42. The summed E-state index contributed by atoms with van der Waals surface area (Å²) in [6.45, 7) is 1.87. The Morgan fingerprint density at radius 1 is 0.966 bits per heavy atom. The van der Waals surface area contributed by atoms with Crippen LogP contribution in [-0.2, 0) is 26.4 Å². The van der Waals surface area contributed by atoms with Crippen LogP contribution in [0, 0.1) is 5.82 Å². The molecule has 1 heterocycles. The largest absolute Gasteiger partial charge is 0.316 e. The summed E-state index contributed by atoms with van der Waals surface area (Å²) in [4.78, 5) is -0.257. The van der Waals surface area contributed by atoms with Gasteiger partial charge in [0.05, 0.1) is 21.2 Å². The molecule has 0 saturated heterocycles. The predicted octanol–water partition coefficient (Wildman–Crippen LogP) is 3.04. The van der Waals surface area contributed by atoms with Crippen molar-refractivity contribution in [3.8, 4) is 11.3 Å². The summed E-state index contributed by atoms with van der Waals surface area (Å²) in [6, 6.07) is 12.7. The summed E-state index contributed by atoms with van der Waals surface area (Å²) >= 11 is 0. The van der Waals surface area contributed by atoms with Gasteiger partial charge in [0.2, 0.25) is 0 Å². The molecule has 0 spiro atoms. The highest BCUT2D eigenvalue weighted by Gasteiger charge is 2.24. The summed E-state index contributed by atoms with van der Waals surface area (Å²) in [6.07, 6.45) is 1.41. The smallest absolute Gasteiger partial charge is 0.268 e. The molecule has 0 aliphatic heterocycles. The standard InChI is InChI=1S/C20H21FN2O4S2/c1-3-28(24,25)16-7-6-8-17(12-16)29(26,27)23-14-15(13-22-2)11-20(23)18-9-4-5-10-19(18)21/h4-12,14,22H,3,13H2,1-2H3. The fraction of sp³-hybridized carbons (Fsp3) is 0.200. The van der Waals surface area contributed by atoms with Crippen molar-refractivity contribution >= 4 is 19.9 Å². The third-order valence-electron chi connectivity index (χ3n) is 4.47. The van der Waals surface area contributed by atoms with Gasteiger partial charge in [-0.15, -0.1) is 0 Å². The molecule has 1 N–H and O–H groups in total. The molecule has 1 aromatic heterocycles. The fourth-order valence-electron chi connectivity index (χ4n) is 2.97. The molecule has 3 aromatic rings. The van der Waals surface area contributed by atoms with E-state index in [0.717, 1.165) is 10.0 Å². The molecule has 0 unspecified atom stereocenters. The van der Waals surface area contributed by atoms with Crippen LogP contribution in [0.1, 0.15) is 12.5 Å². The molecule has 2 aromatic carbocycles. The van der Waals surface area contributed by atoms with E-state index in [-0.39, 0.29) is 26.8 Å². The van der Waals surface area contributed by atoms with Gasteiger partial charge in [0, 0.05) is 18.3 Å². The molecule has 0 saturated carbocycles. The maximum absolute atomic E-state index is 14.4. The van der Waals surface area contributed by atoms with Gasteiger partial charge >= 0.3 is 0 Å². The topological polar surface area (TPSA) is 85.2 Å². The van der Waals surface area contributed by atoms with E-state index in [1.165, 1.54) is 49.5 Å². The lowest BCUT2D eigenvalue weighted by molar-refractivity contribution is 0.587. The first-order valence-electron chi connectivity index (χ1n) is 8.90. The highest BCUT2D eigenvalue weighted by molar-refractivity contribution is 7.91. The molecule has 0 radical (unpaired) electrons. The Hall–Kier alpha value is -2.49. The Morgan fingerprint density at radius 2 is 1.66 bits per heavy atom. The second kappa shape index (κ2) is 8.10. The van der Waals surface area contributed by atoms with Gasteiger partial charge in [0.25, 0.3) is 10.0 Å². The van der Waals surface area contributed by atoms with Crippen LogP contribution < -0.4 is 5.32 Å². The van der Waals surface area contributed by atoms with E-state index in [0.29, 0.717) is 12.1 Å². The van der Waals surface area contributed by atoms with E-state index in [9.17, 15) is 21.2 Å². The zero-order valence-electron chi connectivity index (χ0n) is 16.0. The van der Waals surface area contributed by atoms with E-state index >= 15 is 0 Å². The van der Waals surface area contributed by atoms with E-state index < -0.39 is 25.7 Å². The minimum absolute atomic E-state index is 0.0730. The van der Waals surface area contributed by atoms with Crippen molar-refractivity contribution in [2.45, 2.75) is 23.3 Å².